The van der Waals surface area contributed by atoms with Gasteiger partial charge in [-0.05, 0) is 61.8 Å². The third kappa shape index (κ3) is 2.73. The van der Waals surface area contributed by atoms with Gasteiger partial charge in [-0.15, -0.1) is 0 Å². The van der Waals surface area contributed by atoms with Crippen molar-refractivity contribution in [2.45, 2.75) is 44.6 Å². The Bertz CT molecular complexity index is 579. The Morgan fingerprint density at radius 1 is 1.25 bits per heavy atom. The summed E-state index contributed by atoms with van der Waals surface area (Å²) < 4.78 is 5.21. The third-order valence-electron chi connectivity index (χ3n) is 6.63. The van der Waals surface area contributed by atoms with Gasteiger partial charge in [-0.3, -0.25) is 4.79 Å². The first-order chi connectivity index (χ1) is 11.8. The number of hydrogen-bond acceptors (Lipinski definition) is 4. The van der Waals surface area contributed by atoms with E-state index in [2.05, 4.69) is 15.1 Å². The van der Waals surface area contributed by atoms with Crippen LogP contribution in [-0.4, -0.2) is 47.3 Å². The van der Waals surface area contributed by atoms with Crippen LogP contribution >= 0.6 is 0 Å². The Hall–Kier alpha value is -1.49. The van der Waals surface area contributed by atoms with Crippen LogP contribution in [0, 0.1) is 23.7 Å². The number of carbonyl (C=O) groups is 1. The van der Waals surface area contributed by atoms with Crippen LogP contribution in [0.5, 0.6) is 0 Å². The fraction of sp³-hybridized carbons (Fsp3) is 0.737. The van der Waals surface area contributed by atoms with E-state index in [1.807, 2.05) is 0 Å². The lowest BCUT2D eigenvalue weighted by Crippen LogP contribution is -2.47. The summed E-state index contributed by atoms with van der Waals surface area (Å²) in [4.78, 5) is 15.2. The molecule has 3 saturated carbocycles. The minimum Gasteiger partial charge on any atom is -0.385 e. The van der Waals surface area contributed by atoms with Crippen LogP contribution in [0.3, 0.4) is 0 Å². The fourth-order valence-electron chi connectivity index (χ4n) is 5.77. The van der Waals surface area contributed by atoms with Gasteiger partial charge in [-0.2, -0.15) is 10.2 Å². The Balaban J connectivity index is 1.53. The molecule has 24 heavy (non-hydrogen) atoms. The number of ether oxygens (including phenoxy) is 1. The number of carbonyl (C=O) groups excluding carboxylic acids is 1. The molecule has 2 bridgehead atoms. The Morgan fingerprint density at radius 2 is 2.12 bits per heavy atom. The smallest absolute Gasteiger partial charge is 0.255 e. The first kappa shape index (κ1) is 16.0. The molecule has 0 N–H and O–H groups in total. The zero-order valence-corrected chi connectivity index (χ0v) is 14.4. The highest BCUT2D eigenvalue weighted by Gasteiger charge is 2.55. The van der Waals surface area contributed by atoms with Gasteiger partial charge in [0.2, 0.25) is 0 Å². The third-order valence-corrected chi connectivity index (χ3v) is 6.63. The van der Waals surface area contributed by atoms with Crippen molar-refractivity contribution in [3.05, 3.63) is 24.0 Å². The summed E-state index contributed by atoms with van der Waals surface area (Å²) in [5.41, 5.74) is 0.660. The highest BCUT2D eigenvalue weighted by molar-refractivity contribution is 5.94. The minimum atomic E-state index is 0.119. The predicted molar refractivity (Wildman–Crippen MR) is 90.4 cm³/mol. The number of nitrogens with zero attached hydrogens (tertiary/aromatic N) is 3. The fourth-order valence-corrected chi connectivity index (χ4v) is 5.77. The van der Waals surface area contributed by atoms with Crippen LogP contribution in [0.25, 0.3) is 0 Å². The molecule has 5 atom stereocenters. The van der Waals surface area contributed by atoms with Crippen LogP contribution in [0.1, 0.15) is 48.9 Å². The van der Waals surface area contributed by atoms with E-state index < -0.39 is 0 Å². The van der Waals surface area contributed by atoms with Gasteiger partial charge in [0, 0.05) is 26.3 Å². The molecule has 3 aliphatic rings. The molecule has 3 fully saturated rings. The quantitative estimate of drug-likeness (QED) is 0.753. The van der Waals surface area contributed by atoms with E-state index in [1.54, 1.807) is 25.6 Å². The molecular weight excluding hydrogens is 302 g/mol. The van der Waals surface area contributed by atoms with Gasteiger partial charge in [0.15, 0.2) is 0 Å². The lowest BCUT2D eigenvalue weighted by molar-refractivity contribution is 0.0493. The van der Waals surface area contributed by atoms with Crippen molar-refractivity contribution < 1.29 is 9.53 Å². The van der Waals surface area contributed by atoms with Gasteiger partial charge in [0.05, 0.1) is 18.0 Å². The monoisotopic (exact) mass is 329 g/mol. The Labute approximate surface area is 143 Å². The van der Waals surface area contributed by atoms with Gasteiger partial charge >= 0.3 is 0 Å². The van der Waals surface area contributed by atoms with E-state index in [4.69, 9.17) is 4.74 Å². The van der Waals surface area contributed by atoms with Crippen LogP contribution in [0.2, 0.25) is 0 Å². The largest absolute Gasteiger partial charge is 0.385 e. The maximum absolute atomic E-state index is 13.1. The average Bonchev–Trinajstić information content (AvgIpc) is 3.31. The predicted octanol–water partition coefficient (Wildman–Crippen LogP) is 2.78. The van der Waals surface area contributed by atoms with Gasteiger partial charge in [0.1, 0.15) is 0 Å². The molecule has 1 heterocycles. The van der Waals surface area contributed by atoms with E-state index >= 15 is 0 Å². The Kier molecular flexibility index (Phi) is 4.53. The second-order valence-corrected chi connectivity index (χ2v) is 7.70. The molecule has 4 rings (SSSR count). The Morgan fingerprint density at radius 3 is 2.92 bits per heavy atom. The van der Waals surface area contributed by atoms with Crippen LogP contribution < -0.4 is 0 Å². The summed E-state index contributed by atoms with van der Waals surface area (Å²) in [7, 11) is 1.72. The van der Waals surface area contributed by atoms with Gasteiger partial charge in [0.25, 0.3) is 5.91 Å². The van der Waals surface area contributed by atoms with E-state index in [-0.39, 0.29) is 5.91 Å². The van der Waals surface area contributed by atoms with Crippen LogP contribution in [0.4, 0.5) is 0 Å². The lowest BCUT2D eigenvalue weighted by Gasteiger charge is -2.39. The van der Waals surface area contributed by atoms with Gasteiger partial charge in [-0.1, -0.05) is 6.42 Å². The van der Waals surface area contributed by atoms with Crippen LogP contribution in [-0.2, 0) is 4.74 Å². The SMILES string of the molecule is COCCCN(C(=O)c1ccnnc1)[C@@H]1C[C@H]2C[C@H]1[C@@H]1CCC[C@@H]21. The molecule has 3 aliphatic carbocycles. The van der Waals surface area contributed by atoms with Crippen molar-refractivity contribution in [3.8, 4) is 0 Å². The summed E-state index contributed by atoms with van der Waals surface area (Å²) in [6.45, 7) is 1.48. The number of rotatable bonds is 6. The summed E-state index contributed by atoms with van der Waals surface area (Å²) >= 11 is 0. The molecule has 1 aromatic heterocycles. The zero-order valence-electron chi connectivity index (χ0n) is 14.4. The maximum Gasteiger partial charge on any atom is 0.255 e. The number of hydrogen-bond donors (Lipinski definition) is 0. The second kappa shape index (κ2) is 6.79. The second-order valence-electron chi connectivity index (χ2n) is 7.70. The number of aromatic nitrogens is 2. The standard InChI is InChI=1S/C19H27N3O2/c1-24-9-3-8-22(19(23)13-6-7-20-21-12-13)18-11-14-10-17(18)16-5-2-4-15(14)16/h6-7,12,14-18H,2-5,8-11H2,1H3/t14-,15+,16-,17+,18-/m1/s1. The van der Waals surface area contributed by atoms with Crippen molar-refractivity contribution in [2.75, 3.05) is 20.3 Å². The van der Waals surface area contributed by atoms with E-state index in [0.29, 0.717) is 24.1 Å². The normalized spacial score (nSPS) is 33.6. The molecule has 5 nitrogen and oxygen atoms in total. The maximum atomic E-state index is 13.1. The van der Waals surface area contributed by atoms with E-state index in [1.165, 1.54) is 32.1 Å². The van der Waals surface area contributed by atoms with E-state index in [9.17, 15) is 4.79 Å². The number of methoxy groups -OCH3 is 1. The lowest BCUT2D eigenvalue weighted by atomic mass is 9.78. The average molecular weight is 329 g/mol. The number of fused-ring (bicyclic) bond motifs is 5. The zero-order chi connectivity index (χ0) is 16.5. The summed E-state index contributed by atoms with van der Waals surface area (Å²) in [5, 5.41) is 7.69. The van der Waals surface area contributed by atoms with Crippen molar-refractivity contribution >= 4 is 5.91 Å². The molecule has 5 heteroatoms. The summed E-state index contributed by atoms with van der Waals surface area (Å²) in [5.74, 6) is 3.49. The van der Waals surface area contributed by atoms with Gasteiger partial charge < -0.3 is 9.64 Å². The summed E-state index contributed by atoms with van der Waals surface area (Å²) in [6, 6.07) is 2.19. The van der Waals surface area contributed by atoms with Crippen LogP contribution in [0.15, 0.2) is 18.5 Å². The highest BCUT2D eigenvalue weighted by atomic mass is 16.5. The molecule has 0 saturated heterocycles. The number of amides is 1. The molecule has 0 unspecified atom stereocenters. The topological polar surface area (TPSA) is 55.3 Å². The molecule has 0 radical (unpaired) electrons. The first-order valence-corrected chi connectivity index (χ1v) is 9.36. The van der Waals surface area contributed by atoms with Crippen molar-refractivity contribution in [2.24, 2.45) is 23.7 Å². The summed E-state index contributed by atoms with van der Waals surface area (Å²) in [6.07, 6.45) is 10.8. The molecule has 0 aliphatic heterocycles. The van der Waals surface area contributed by atoms with Crippen molar-refractivity contribution in [1.29, 1.82) is 0 Å². The van der Waals surface area contributed by atoms with Crippen molar-refractivity contribution in [1.82, 2.24) is 15.1 Å². The molecular formula is C19H27N3O2. The van der Waals surface area contributed by atoms with E-state index in [0.717, 1.165) is 30.7 Å². The molecule has 1 aromatic rings. The first-order valence-electron chi connectivity index (χ1n) is 9.36. The molecule has 130 valence electrons. The van der Waals surface area contributed by atoms with Gasteiger partial charge in [-0.25, -0.2) is 0 Å². The minimum absolute atomic E-state index is 0.119. The molecule has 1 amide bonds. The van der Waals surface area contributed by atoms with Crippen molar-refractivity contribution in [3.63, 3.8) is 0 Å². The molecule has 0 aromatic carbocycles. The molecule has 0 spiro atoms. The highest BCUT2D eigenvalue weighted by Crippen LogP contribution is 2.59.